The lowest BCUT2D eigenvalue weighted by Crippen LogP contribution is -2.02. The number of benzene rings is 1. The molecule has 1 aromatic carbocycles. The number of carbonyl (C=O) groups excluding carboxylic acids is 1. The van der Waals surface area contributed by atoms with Gasteiger partial charge in [0, 0.05) is 5.56 Å². The normalized spacial score (nSPS) is 9.62. The lowest BCUT2D eigenvalue weighted by atomic mass is 10.2. The van der Waals surface area contributed by atoms with Crippen molar-refractivity contribution >= 4 is 6.29 Å². The predicted molar refractivity (Wildman–Crippen MR) is 46.1 cm³/mol. The molecule has 4 nitrogen and oxygen atoms in total. The van der Waals surface area contributed by atoms with E-state index in [2.05, 4.69) is 0 Å². The molecule has 0 radical (unpaired) electrons. The van der Waals surface area contributed by atoms with Crippen LogP contribution in [0.2, 0.25) is 0 Å². The van der Waals surface area contributed by atoms with Gasteiger partial charge in [0.2, 0.25) is 0 Å². The molecule has 0 saturated carbocycles. The van der Waals surface area contributed by atoms with Crippen LogP contribution in [0.3, 0.4) is 0 Å². The van der Waals surface area contributed by atoms with E-state index in [4.69, 9.17) is 9.84 Å². The maximum absolute atomic E-state index is 10.4. The van der Waals surface area contributed by atoms with Gasteiger partial charge in [0.15, 0.2) is 11.5 Å². The number of rotatable bonds is 4. The van der Waals surface area contributed by atoms with Gasteiger partial charge in [-0.05, 0) is 18.2 Å². The highest BCUT2D eigenvalue weighted by molar-refractivity contribution is 5.76. The highest BCUT2D eigenvalue weighted by Crippen LogP contribution is 2.25. The fourth-order valence-corrected chi connectivity index (χ4v) is 0.875. The van der Waals surface area contributed by atoms with Crippen molar-refractivity contribution in [3.05, 3.63) is 23.8 Å². The number of phenolic OH excluding ortho intramolecular Hbond substituents is 1. The van der Waals surface area contributed by atoms with Gasteiger partial charge in [0.05, 0.1) is 6.61 Å². The van der Waals surface area contributed by atoms with Crippen LogP contribution in [-0.2, 0) is 0 Å². The van der Waals surface area contributed by atoms with Crippen LogP contribution in [-0.4, -0.2) is 29.7 Å². The fraction of sp³-hybridized carbons (Fsp3) is 0.222. The topological polar surface area (TPSA) is 66.8 Å². The van der Waals surface area contributed by atoms with E-state index >= 15 is 0 Å². The first kappa shape index (κ1) is 9.54. The van der Waals surface area contributed by atoms with Crippen LogP contribution in [0, 0.1) is 0 Å². The molecule has 0 fully saturated rings. The summed E-state index contributed by atoms with van der Waals surface area (Å²) in [4.78, 5) is 10.4. The predicted octanol–water partition coefficient (Wildman–Crippen LogP) is 0.576. The van der Waals surface area contributed by atoms with Crippen LogP contribution in [0.4, 0.5) is 0 Å². The van der Waals surface area contributed by atoms with E-state index < -0.39 is 0 Å². The Morgan fingerprint density at radius 2 is 2.23 bits per heavy atom. The van der Waals surface area contributed by atoms with E-state index in [1.54, 1.807) is 0 Å². The zero-order valence-corrected chi connectivity index (χ0v) is 6.93. The molecular weight excluding hydrogens is 172 g/mol. The van der Waals surface area contributed by atoms with Gasteiger partial charge >= 0.3 is 0 Å². The molecule has 2 N–H and O–H groups in total. The third-order valence-corrected chi connectivity index (χ3v) is 1.47. The van der Waals surface area contributed by atoms with Crippen molar-refractivity contribution in [2.75, 3.05) is 13.2 Å². The molecule has 0 amide bonds. The average molecular weight is 182 g/mol. The van der Waals surface area contributed by atoms with Crippen molar-refractivity contribution in [2.45, 2.75) is 0 Å². The number of hydrogen-bond donors (Lipinski definition) is 2. The summed E-state index contributed by atoms with van der Waals surface area (Å²) in [5, 5.41) is 17.7. The van der Waals surface area contributed by atoms with Crippen molar-refractivity contribution in [1.82, 2.24) is 0 Å². The molecule has 0 aromatic heterocycles. The number of carbonyl (C=O) groups is 1. The Bertz CT molecular complexity index is 296. The second-order valence-electron chi connectivity index (χ2n) is 2.42. The van der Waals surface area contributed by atoms with Gasteiger partial charge in [-0.25, -0.2) is 0 Å². The number of ether oxygens (including phenoxy) is 1. The SMILES string of the molecule is O=Cc1ccc(O)c(OCCO)c1. The maximum Gasteiger partial charge on any atom is 0.161 e. The summed E-state index contributed by atoms with van der Waals surface area (Å²) in [6.45, 7) is -0.0410. The molecule has 0 unspecified atom stereocenters. The summed E-state index contributed by atoms with van der Waals surface area (Å²) < 4.78 is 4.97. The maximum atomic E-state index is 10.4. The van der Waals surface area contributed by atoms with E-state index in [0.717, 1.165) is 0 Å². The van der Waals surface area contributed by atoms with Crippen molar-refractivity contribution in [2.24, 2.45) is 0 Å². The van der Waals surface area contributed by atoms with Crippen LogP contribution in [0.25, 0.3) is 0 Å². The molecular formula is C9H10O4. The van der Waals surface area contributed by atoms with Crippen LogP contribution >= 0.6 is 0 Å². The lowest BCUT2D eigenvalue weighted by Gasteiger charge is -2.06. The Morgan fingerprint density at radius 1 is 1.46 bits per heavy atom. The van der Waals surface area contributed by atoms with Crippen molar-refractivity contribution < 1.29 is 19.7 Å². The van der Waals surface area contributed by atoms with Gasteiger partial charge in [0.1, 0.15) is 12.9 Å². The monoisotopic (exact) mass is 182 g/mol. The van der Waals surface area contributed by atoms with E-state index in [9.17, 15) is 9.90 Å². The second-order valence-corrected chi connectivity index (χ2v) is 2.42. The average Bonchev–Trinajstić information content (AvgIpc) is 2.17. The Kier molecular flexibility index (Phi) is 3.28. The van der Waals surface area contributed by atoms with Crippen molar-refractivity contribution in [3.63, 3.8) is 0 Å². The molecule has 0 aliphatic heterocycles. The highest BCUT2D eigenvalue weighted by atomic mass is 16.5. The number of phenols is 1. The molecule has 0 saturated heterocycles. The van der Waals surface area contributed by atoms with Crippen molar-refractivity contribution in [1.29, 1.82) is 0 Å². The number of aliphatic hydroxyl groups is 1. The fourth-order valence-electron chi connectivity index (χ4n) is 0.875. The summed E-state index contributed by atoms with van der Waals surface area (Å²) >= 11 is 0. The minimum atomic E-state index is -0.134. The van der Waals surface area contributed by atoms with Crippen molar-refractivity contribution in [3.8, 4) is 11.5 Å². The first-order valence-electron chi connectivity index (χ1n) is 3.80. The zero-order valence-electron chi connectivity index (χ0n) is 6.93. The number of hydrogen-bond acceptors (Lipinski definition) is 4. The minimum absolute atomic E-state index is 0.0425. The molecule has 0 atom stereocenters. The Labute approximate surface area is 75.4 Å². The van der Waals surface area contributed by atoms with E-state index in [0.29, 0.717) is 11.8 Å². The largest absolute Gasteiger partial charge is 0.504 e. The van der Waals surface area contributed by atoms with E-state index in [-0.39, 0.29) is 24.7 Å². The summed E-state index contributed by atoms with van der Waals surface area (Å²) in [6, 6.07) is 4.27. The Morgan fingerprint density at radius 3 is 2.85 bits per heavy atom. The van der Waals surface area contributed by atoms with Gasteiger partial charge in [0.25, 0.3) is 0 Å². The molecule has 0 aliphatic carbocycles. The third kappa shape index (κ3) is 2.45. The summed E-state index contributed by atoms with van der Waals surface area (Å²) in [7, 11) is 0. The summed E-state index contributed by atoms with van der Waals surface area (Å²) in [5.74, 6) is 0.165. The van der Waals surface area contributed by atoms with Gasteiger partial charge in [-0.2, -0.15) is 0 Å². The molecule has 0 bridgehead atoms. The molecule has 70 valence electrons. The number of aliphatic hydroxyl groups excluding tert-OH is 1. The minimum Gasteiger partial charge on any atom is -0.504 e. The summed E-state index contributed by atoms with van der Waals surface area (Å²) in [5.41, 5.74) is 0.422. The van der Waals surface area contributed by atoms with Crippen LogP contribution < -0.4 is 4.74 Å². The van der Waals surface area contributed by atoms with E-state index in [1.165, 1.54) is 18.2 Å². The first-order chi connectivity index (χ1) is 6.27. The summed E-state index contributed by atoms with van der Waals surface area (Å²) in [6.07, 6.45) is 0.658. The van der Waals surface area contributed by atoms with Crippen LogP contribution in [0.1, 0.15) is 10.4 Å². The smallest absolute Gasteiger partial charge is 0.161 e. The molecule has 0 heterocycles. The Balaban J connectivity index is 2.83. The lowest BCUT2D eigenvalue weighted by molar-refractivity contribution is 0.112. The standard InChI is InChI=1S/C9H10O4/c10-3-4-13-9-5-7(6-11)1-2-8(9)12/h1-2,5-6,10,12H,3-4H2. The van der Waals surface area contributed by atoms with Crippen LogP contribution in [0.15, 0.2) is 18.2 Å². The van der Waals surface area contributed by atoms with Gasteiger partial charge in [-0.15, -0.1) is 0 Å². The molecule has 0 spiro atoms. The quantitative estimate of drug-likeness (QED) is 0.668. The first-order valence-corrected chi connectivity index (χ1v) is 3.80. The van der Waals surface area contributed by atoms with Gasteiger partial charge in [-0.3, -0.25) is 4.79 Å². The number of aromatic hydroxyl groups is 1. The highest BCUT2D eigenvalue weighted by Gasteiger charge is 2.02. The van der Waals surface area contributed by atoms with E-state index in [1.807, 2.05) is 0 Å². The van der Waals surface area contributed by atoms with Gasteiger partial charge in [-0.1, -0.05) is 0 Å². The van der Waals surface area contributed by atoms with Crippen LogP contribution in [0.5, 0.6) is 11.5 Å². The van der Waals surface area contributed by atoms with Gasteiger partial charge < -0.3 is 14.9 Å². The zero-order chi connectivity index (χ0) is 9.68. The second kappa shape index (κ2) is 4.47. The molecule has 0 aliphatic rings. The molecule has 1 rings (SSSR count). The molecule has 4 heteroatoms. The number of aldehydes is 1. The molecule has 1 aromatic rings. The third-order valence-electron chi connectivity index (χ3n) is 1.47. The molecule has 13 heavy (non-hydrogen) atoms. The Hall–Kier alpha value is -1.55.